The van der Waals surface area contributed by atoms with Crippen LogP contribution in [0.15, 0.2) is 28.5 Å². The van der Waals surface area contributed by atoms with Crippen LogP contribution >= 0.6 is 11.8 Å². The van der Waals surface area contributed by atoms with Gasteiger partial charge in [-0.15, -0.1) is 11.8 Å². The normalized spacial score (nSPS) is 15.0. The Hall–Kier alpha value is -1.87. The highest BCUT2D eigenvalue weighted by Gasteiger charge is 2.43. The molecule has 0 radical (unpaired) electrons. The molecule has 1 fully saturated rings. The van der Waals surface area contributed by atoms with Crippen LogP contribution in [0, 0.1) is 5.92 Å². The van der Waals surface area contributed by atoms with Crippen molar-refractivity contribution in [3.63, 3.8) is 0 Å². The largest absolute Gasteiger partial charge is 0.358 e. The molecule has 1 unspecified atom stereocenters. The molecule has 2 rings (SSSR count). The Morgan fingerprint density at radius 2 is 2.04 bits per heavy atom. The molecule has 0 amide bonds. The standard InChI is InChI=1S/C10H10F2N2O.C7H17NS.C2H4N2/c11-10(12)6-14(7-10)9-2-1-8(3-4-15)13-5-9;1-4-7(2)5-9-6-8-3;1-3-4-2/h1-2,4-5H,3,6-7H2;7-8H,4-6H2,1-3H3;1-2H2. The molecular weight excluding hydrogens is 384 g/mol. The van der Waals surface area contributed by atoms with E-state index < -0.39 is 5.92 Å². The van der Waals surface area contributed by atoms with E-state index in [0.717, 1.165) is 18.1 Å². The molecule has 0 aromatic carbocycles. The maximum Gasteiger partial charge on any atom is 0.282 e. The molecule has 0 spiro atoms. The van der Waals surface area contributed by atoms with Gasteiger partial charge in [0.1, 0.15) is 6.29 Å². The van der Waals surface area contributed by atoms with Gasteiger partial charge in [0.15, 0.2) is 0 Å². The molecule has 2 heterocycles. The number of hydrogen-bond acceptors (Lipinski definition) is 7. The Morgan fingerprint density at radius 3 is 2.43 bits per heavy atom. The van der Waals surface area contributed by atoms with Crippen molar-refractivity contribution in [2.24, 2.45) is 16.1 Å². The van der Waals surface area contributed by atoms with Gasteiger partial charge >= 0.3 is 0 Å². The third kappa shape index (κ3) is 11.8. The number of carbonyl (C=O) groups excluding carboxylic acids is 1. The summed E-state index contributed by atoms with van der Waals surface area (Å²) in [7, 11) is 1.99. The molecule has 1 atom stereocenters. The highest BCUT2D eigenvalue weighted by atomic mass is 32.2. The lowest BCUT2D eigenvalue weighted by Gasteiger charge is -2.40. The number of anilines is 1. The zero-order valence-electron chi connectivity index (χ0n) is 16.9. The van der Waals surface area contributed by atoms with Crippen molar-refractivity contribution in [3.8, 4) is 0 Å². The number of aldehydes is 1. The van der Waals surface area contributed by atoms with Gasteiger partial charge in [-0.25, -0.2) is 8.78 Å². The zero-order valence-corrected chi connectivity index (χ0v) is 17.7. The van der Waals surface area contributed by atoms with E-state index in [2.05, 4.69) is 47.8 Å². The number of carbonyl (C=O) groups is 1. The number of nitrogens with zero attached hydrogens (tertiary/aromatic N) is 4. The Morgan fingerprint density at radius 1 is 1.39 bits per heavy atom. The molecule has 0 aliphatic carbocycles. The first-order valence-corrected chi connectivity index (χ1v) is 10.1. The Balaban J connectivity index is 0.000000480. The second-order valence-electron chi connectivity index (χ2n) is 6.26. The van der Waals surface area contributed by atoms with Crippen LogP contribution in [-0.2, 0) is 11.2 Å². The van der Waals surface area contributed by atoms with Crippen molar-refractivity contribution in [1.29, 1.82) is 0 Å². The van der Waals surface area contributed by atoms with Crippen LogP contribution < -0.4 is 10.2 Å². The number of alkyl halides is 2. The van der Waals surface area contributed by atoms with Crippen LogP contribution in [-0.4, -0.2) is 62.4 Å². The molecule has 9 heteroatoms. The Bertz CT molecular complexity index is 558. The fourth-order valence-corrected chi connectivity index (χ4v) is 2.94. The minimum absolute atomic E-state index is 0.248. The van der Waals surface area contributed by atoms with Crippen molar-refractivity contribution in [3.05, 3.63) is 24.0 Å². The van der Waals surface area contributed by atoms with E-state index in [0.29, 0.717) is 11.4 Å². The van der Waals surface area contributed by atoms with Crippen LogP contribution in [0.5, 0.6) is 0 Å². The van der Waals surface area contributed by atoms with Gasteiger partial charge < -0.3 is 15.0 Å². The van der Waals surface area contributed by atoms with Crippen molar-refractivity contribution < 1.29 is 13.6 Å². The molecule has 1 aliphatic heterocycles. The van der Waals surface area contributed by atoms with Gasteiger partial charge in [-0.3, -0.25) is 4.98 Å². The lowest BCUT2D eigenvalue weighted by molar-refractivity contribution is -0.107. The van der Waals surface area contributed by atoms with E-state index in [1.165, 1.54) is 18.4 Å². The first-order valence-electron chi connectivity index (χ1n) is 8.98. The zero-order chi connectivity index (χ0) is 21.4. The van der Waals surface area contributed by atoms with Crippen LogP contribution in [0.4, 0.5) is 14.5 Å². The highest BCUT2D eigenvalue weighted by molar-refractivity contribution is 7.99. The van der Waals surface area contributed by atoms with E-state index in [9.17, 15) is 13.6 Å². The second-order valence-corrected chi connectivity index (χ2v) is 7.29. The Labute approximate surface area is 170 Å². The fourth-order valence-electron chi connectivity index (χ4n) is 1.98. The van der Waals surface area contributed by atoms with Crippen molar-refractivity contribution in [1.82, 2.24) is 10.3 Å². The summed E-state index contributed by atoms with van der Waals surface area (Å²) in [5.74, 6) is 0.687. The van der Waals surface area contributed by atoms with Crippen molar-refractivity contribution >= 4 is 37.2 Å². The third-order valence-corrected chi connectivity index (χ3v) is 5.05. The summed E-state index contributed by atoms with van der Waals surface area (Å²) in [6.07, 6.45) is 3.85. The average Bonchev–Trinajstić information content (AvgIpc) is 2.67. The van der Waals surface area contributed by atoms with Gasteiger partial charge in [-0.05, 0) is 30.9 Å². The van der Waals surface area contributed by atoms with E-state index >= 15 is 0 Å². The molecule has 0 bridgehead atoms. The number of pyridine rings is 1. The smallest absolute Gasteiger partial charge is 0.282 e. The first-order chi connectivity index (χ1) is 13.3. The first kappa shape index (κ1) is 26.1. The number of aromatic nitrogens is 1. The van der Waals surface area contributed by atoms with Gasteiger partial charge in [0.25, 0.3) is 5.92 Å². The Kier molecular flexibility index (Phi) is 14.1. The monoisotopic (exact) mass is 415 g/mol. The molecular formula is C19H31F2N5OS. The molecule has 1 saturated heterocycles. The van der Waals surface area contributed by atoms with E-state index in [1.54, 1.807) is 17.0 Å². The molecule has 1 aliphatic rings. The quantitative estimate of drug-likeness (QED) is 0.220. The van der Waals surface area contributed by atoms with Crippen molar-refractivity contribution in [2.75, 3.05) is 36.7 Å². The number of halogens is 2. The highest BCUT2D eigenvalue weighted by Crippen LogP contribution is 2.31. The van der Waals surface area contributed by atoms with Crippen LogP contribution in [0.2, 0.25) is 0 Å². The summed E-state index contributed by atoms with van der Waals surface area (Å²) < 4.78 is 25.1. The van der Waals surface area contributed by atoms with Gasteiger partial charge in [-0.1, -0.05) is 20.3 Å². The molecule has 158 valence electrons. The third-order valence-electron chi connectivity index (χ3n) is 3.76. The summed E-state index contributed by atoms with van der Waals surface area (Å²) in [4.78, 5) is 15.8. The van der Waals surface area contributed by atoms with Gasteiger partial charge in [0.05, 0.1) is 25.0 Å². The number of hydrogen-bond donors (Lipinski definition) is 1. The minimum Gasteiger partial charge on any atom is -0.358 e. The SMILES string of the molecule is C=NN=C.CCC(C)CSCNC.O=CCc1ccc(N2CC(F)(F)C2)cn1. The lowest BCUT2D eigenvalue weighted by atomic mass is 10.1. The van der Waals surface area contributed by atoms with E-state index in [4.69, 9.17) is 0 Å². The van der Waals surface area contributed by atoms with Crippen LogP contribution in [0.25, 0.3) is 0 Å². The van der Waals surface area contributed by atoms with Crippen LogP contribution in [0.1, 0.15) is 26.0 Å². The summed E-state index contributed by atoms with van der Waals surface area (Å²) >= 11 is 1.97. The molecule has 28 heavy (non-hydrogen) atoms. The maximum absolute atomic E-state index is 12.6. The van der Waals surface area contributed by atoms with Gasteiger partial charge in [-0.2, -0.15) is 10.2 Å². The molecule has 1 aromatic rings. The molecule has 0 saturated carbocycles. The molecule has 1 N–H and O–H groups in total. The second kappa shape index (κ2) is 15.1. The fraction of sp³-hybridized carbons (Fsp3) is 0.579. The number of nitrogens with one attached hydrogen (secondary N) is 1. The van der Waals surface area contributed by atoms with Gasteiger partial charge in [0.2, 0.25) is 0 Å². The lowest BCUT2D eigenvalue weighted by Crippen LogP contribution is -2.56. The average molecular weight is 416 g/mol. The minimum atomic E-state index is -2.57. The number of thioether (sulfide) groups is 1. The van der Waals surface area contributed by atoms with E-state index in [-0.39, 0.29) is 19.5 Å². The summed E-state index contributed by atoms with van der Waals surface area (Å²) in [5, 5.41) is 9.11. The van der Waals surface area contributed by atoms with Gasteiger partial charge in [0, 0.05) is 31.4 Å². The maximum atomic E-state index is 12.6. The topological polar surface area (TPSA) is 70.0 Å². The van der Waals surface area contributed by atoms with Crippen LogP contribution in [0.3, 0.4) is 0 Å². The predicted molar refractivity (Wildman–Crippen MR) is 116 cm³/mol. The molecule has 1 aromatic heterocycles. The molecule has 6 nitrogen and oxygen atoms in total. The van der Waals surface area contributed by atoms with E-state index in [1.807, 2.05) is 18.8 Å². The number of rotatable bonds is 9. The summed E-state index contributed by atoms with van der Waals surface area (Å²) in [5.41, 5.74) is 1.33. The summed E-state index contributed by atoms with van der Waals surface area (Å²) in [6.45, 7) is 10.0. The van der Waals surface area contributed by atoms with Crippen molar-refractivity contribution in [2.45, 2.75) is 32.6 Å². The predicted octanol–water partition coefficient (Wildman–Crippen LogP) is 3.52. The summed E-state index contributed by atoms with van der Waals surface area (Å²) in [6, 6.07) is 3.39.